The Hall–Kier alpha value is -2.12. The summed E-state index contributed by atoms with van der Waals surface area (Å²) in [5.41, 5.74) is 5.78. The van der Waals surface area contributed by atoms with Gasteiger partial charge in [0.15, 0.2) is 5.82 Å². The highest BCUT2D eigenvalue weighted by atomic mass is 16.5. The van der Waals surface area contributed by atoms with E-state index in [9.17, 15) is 9.59 Å². The molecule has 8 heteroatoms. The summed E-state index contributed by atoms with van der Waals surface area (Å²) in [6, 6.07) is 0.274. The lowest BCUT2D eigenvalue weighted by molar-refractivity contribution is -0.133. The van der Waals surface area contributed by atoms with Gasteiger partial charge in [-0.05, 0) is 19.8 Å². The van der Waals surface area contributed by atoms with Gasteiger partial charge in [-0.3, -0.25) is 4.79 Å². The number of rotatable bonds is 5. The maximum absolute atomic E-state index is 12.3. The van der Waals surface area contributed by atoms with Gasteiger partial charge < -0.3 is 15.4 Å². The van der Waals surface area contributed by atoms with Crippen LogP contribution in [0.5, 0.6) is 0 Å². The second-order valence-electron chi connectivity index (χ2n) is 5.50. The van der Waals surface area contributed by atoms with Crippen molar-refractivity contribution < 1.29 is 14.3 Å². The zero-order valence-corrected chi connectivity index (χ0v) is 13.1. The van der Waals surface area contributed by atoms with Gasteiger partial charge in [0.2, 0.25) is 11.6 Å². The summed E-state index contributed by atoms with van der Waals surface area (Å²) in [5.74, 6) is -0.651. The van der Waals surface area contributed by atoms with Crippen molar-refractivity contribution in [3.05, 3.63) is 5.69 Å². The third-order valence-electron chi connectivity index (χ3n) is 4.04. The van der Waals surface area contributed by atoms with Gasteiger partial charge in [0.1, 0.15) is 6.54 Å². The molecule has 0 atom stereocenters. The zero-order chi connectivity index (χ0) is 16.1. The lowest BCUT2D eigenvalue weighted by atomic mass is 9.94. The van der Waals surface area contributed by atoms with Crippen molar-refractivity contribution >= 4 is 17.7 Å². The van der Waals surface area contributed by atoms with Crippen LogP contribution in [0.15, 0.2) is 0 Å². The van der Waals surface area contributed by atoms with E-state index in [-0.39, 0.29) is 36.6 Å². The first kappa shape index (κ1) is 16.3. The van der Waals surface area contributed by atoms with Crippen molar-refractivity contribution in [2.45, 2.75) is 51.6 Å². The summed E-state index contributed by atoms with van der Waals surface area (Å²) in [4.78, 5) is 25.7. The standard InChI is InChI=1S/C14H23N5O3/c1-3-22-14(21)12-13(15)19(17-16-12)9-11(20)18(2)10-7-5-4-6-8-10/h10H,3-9,15H2,1-2H3. The molecular formula is C14H23N5O3. The molecule has 2 N–H and O–H groups in total. The van der Waals surface area contributed by atoms with E-state index in [0.29, 0.717) is 0 Å². The molecule has 1 heterocycles. The van der Waals surface area contributed by atoms with Crippen LogP contribution >= 0.6 is 0 Å². The number of likely N-dealkylation sites (N-methyl/N-ethyl adjacent to an activating group) is 1. The molecule has 1 aliphatic carbocycles. The Labute approximate surface area is 129 Å². The molecule has 122 valence electrons. The van der Waals surface area contributed by atoms with E-state index in [0.717, 1.165) is 25.7 Å². The molecule has 2 rings (SSSR count). The van der Waals surface area contributed by atoms with Gasteiger partial charge in [0.25, 0.3) is 0 Å². The van der Waals surface area contributed by atoms with Crippen molar-refractivity contribution in [2.75, 3.05) is 19.4 Å². The molecule has 0 bridgehead atoms. The van der Waals surface area contributed by atoms with Crippen LogP contribution in [0.3, 0.4) is 0 Å². The topological polar surface area (TPSA) is 103 Å². The molecule has 0 aliphatic heterocycles. The number of carbonyl (C=O) groups excluding carboxylic acids is 2. The van der Waals surface area contributed by atoms with Crippen molar-refractivity contribution in [2.24, 2.45) is 0 Å². The molecular weight excluding hydrogens is 286 g/mol. The Morgan fingerprint density at radius 2 is 2.05 bits per heavy atom. The Balaban J connectivity index is 2.00. The van der Waals surface area contributed by atoms with Crippen LogP contribution in [0.4, 0.5) is 5.82 Å². The van der Waals surface area contributed by atoms with Gasteiger partial charge >= 0.3 is 5.97 Å². The van der Waals surface area contributed by atoms with E-state index in [2.05, 4.69) is 10.3 Å². The van der Waals surface area contributed by atoms with E-state index in [1.807, 2.05) is 0 Å². The van der Waals surface area contributed by atoms with Gasteiger partial charge in [-0.1, -0.05) is 24.5 Å². The van der Waals surface area contributed by atoms with Gasteiger partial charge in [-0.15, -0.1) is 5.10 Å². The molecule has 8 nitrogen and oxygen atoms in total. The van der Waals surface area contributed by atoms with Crippen molar-refractivity contribution in [3.8, 4) is 0 Å². The van der Waals surface area contributed by atoms with Crippen LogP contribution in [0.2, 0.25) is 0 Å². The Bertz CT molecular complexity index is 537. The van der Waals surface area contributed by atoms with Crippen molar-refractivity contribution in [1.82, 2.24) is 19.9 Å². The van der Waals surface area contributed by atoms with Crippen LogP contribution in [-0.4, -0.2) is 51.5 Å². The molecule has 1 aromatic rings. The van der Waals surface area contributed by atoms with Gasteiger partial charge in [-0.25, -0.2) is 9.48 Å². The van der Waals surface area contributed by atoms with Crippen LogP contribution in [-0.2, 0) is 16.1 Å². The number of nitrogen functional groups attached to an aromatic ring is 1. The minimum atomic E-state index is -0.626. The number of hydrogen-bond donors (Lipinski definition) is 1. The largest absolute Gasteiger partial charge is 0.461 e. The smallest absolute Gasteiger partial charge is 0.362 e. The van der Waals surface area contributed by atoms with Crippen LogP contribution in [0.1, 0.15) is 49.5 Å². The number of esters is 1. The van der Waals surface area contributed by atoms with Crippen LogP contribution < -0.4 is 5.73 Å². The van der Waals surface area contributed by atoms with Crippen LogP contribution in [0.25, 0.3) is 0 Å². The molecule has 0 spiro atoms. The second kappa shape index (κ2) is 7.24. The number of nitrogens with two attached hydrogens (primary N) is 1. The van der Waals surface area contributed by atoms with Gasteiger partial charge in [0, 0.05) is 13.1 Å². The summed E-state index contributed by atoms with van der Waals surface area (Å²) in [6.07, 6.45) is 5.60. The fourth-order valence-corrected chi connectivity index (χ4v) is 2.69. The Kier molecular flexibility index (Phi) is 5.35. The predicted octanol–water partition coefficient (Wildman–Crippen LogP) is 0.828. The molecule has 22 heavy (non-hydrogen) atoms. The van der Waals surface area contributed by atoms with Crippen LogP contribution in [0, 0.1) is 0 Å². The number of anilines is 1. The molecule has 0 saturated heterocycles. The molecule has 0 unspecified atom stereocenters. The van der Waals surface area contributed by atoms with E-state index in [4.69, 9.17) is 10.5 Å². The molecule has 0 radical (unpaired) electrons. The fraction of sp³-hybridized carbons (Fsp3) is 0.714. The zero-order valence-electron chi connectivity index (χ0n) is 13.1. The summed E-state index contributed by atoms with van der Waals surface area (Å²) in [5, 5.41) is 7.48. The lowest BCUT2D eigenvalue weighted by Gasteiger charge is -2.31. The van der Waals surface area contributed by atoms with Gasteiger partial charge in [-0.2, -0.15) is 0 Å². The summed E-state index contributed by atoms with van der Waals surface area (Å²) < 4.78 is 6.08. The van der Waals surface area contributed by atoms with Gasteiger partial charge in [0.05, 0.1) is 6.61 Å². The third kappa shape index (κ3) is 3.55. The Morgan fingerprint density at radius 1 is 1.36 bits per heavy atom. The highest BCUT2D eigenvalue weighted by molar-refractivity contribution is 5.92. The number of aromatic nitrogens is 3. The fourth-order valence-electron chi connectivity index (χ4n) is 2.69. The predicted molar refractivity (Wildman–Crippen MR) is 80.0 cm³/mol. The minimum absolute atomic E-state index is 0.0226. The molecule has 1 aromatic heterocycles. The number of amides is 1. The Morgan fingerprint density at radius 3 is 2.68 bits per heavy atom. The summed E-state index contributed by atoms with van der Waals surface area (Å²) >= 11 is 0. The second-order valence-corrected chi connectivity index (χ2v) is 5.50. The highest BCUT2D eigenvalue weighted by Crippen LogP contribution is 2.22. The van der Waals surface area contributed by atoms with E-state index >= 15 is 0 Å². The summed E-state index contributed by atoms with van der Waals surface area (Å²) in [6.45, 7) is 1.90. The third-order valence-corrected chi connectivity index (χ3v) is 4.04. The SMILES string of the molecule is CCOC(=O)c1nnn(CC(=O)N(C)C2CCCCC2)c1N. The molecule has 1 fully saturated rings. The average Bonchev–Trinajstić information content (AvgIpc) is 2.88. The average molecular weight is 309 g/mol. The van der Waals surface area contributed by atoms with E-state index in [1.165, 1.54) is 11.1 Å². The molecule has 1 aliphatic rings. The molecule has 1 saturated carbocycles. The quantitative estimate of drug-likeness (QED) is 0.808. The van der Waals surface area contributed by atoms with E-state index < -0.39 is 5.97 Å². The number of hydrogen-bond acceptors (Lipinski definition) is 6. The van der Waals surface area contributed by atoms with E-state index in [1.54, 1.807) is 18.9 Å². The lowest BCUT2D eigenvalue weighted by Crippen LogP contribution is -2.40. The first-order chi connectivity index (χ1) is 10.5. The number of ether oxygens (including phenoxy) is 1. The minimum Gasteiger partial charge on any atom is -0.461 e. The first-order valence-electron chi connectivity index (χ1n) is 7.66. The monoisotopic (exact) mass is 309 g/mol. The number of nitrogens with zero attached hydrogens (tertiary/aromatic N) is 4. The maximum atomic E-state index is 12.3. The summed E-state index contributed by atoms with van der Waals surface area (Å²) in [7, 11) is 1.80. The first-order valence-corrected chi connectivity index (χ1v) is 7.66. The van der Waals surface area contributed by atoms with Crippen molar-refractivity contribution in [3.63, 3.8) is 0 Å². The highest BCUT2D eigenvalue weighted by Gasteiger charge is 2.24. The van der Waals surface area contributed by atoms with Crippen molar-refractivity contribution in [1.29, 1.82) is 0 Å². The maximum Gasteiger partial charge on any atom is 0.362 e. The molecule has 1 amide bonds. The molecule has 0 aromatic carbocycles. The normalized spacial score (nSPS) is 15.5. The number of carbonyl (C=O) groups is 2.